The van der Waals surface area contributed by atoms with Gasteiger partial charge in [0.1, 0.15) is 0 Å². The van der Waals surface area contributed by atoms with Crippen molar-refractivity contribution in [3.05, 3.63) is 35.4 Å². The van der Waals surface area contributed by atoms with Gasteiger partial charge in [-0.05, 0) is 18.1 Å². The van der Waals surface area contributed by atoms with Gasteiger partial charge in [0.05, 0.1) is 12.9 Å². The zero-order valence-electron chi connectivity index (χ0n) is 10.1. The molecule has 0 saturated heterocycles. The fourth-order valence-electron chi connectivity index (χ4n) is 1.99. The van der Waals surface area contributed by atoms with Gasteiger partial charge in [-0.1, -0.05) is 18.2 Å². The lowest BCUT2D eigenvalue weighted by molar-refractivity contribution is 0.0715. The second kappa shape index (κ2) is 5.07. The minimum Gasteiger partial charge on any atom is -0.336 e. The highest BCUT2D eigenvalue weighted by Gasteiger charge is 2.23. The number of benzene rings is 1. The highest BCUT2D eigenvalue weighted by molar-refractivity contribution is 7.85. The van der Waals surface area contributed by atoms with Crippen molar-refractivity contribution < 1.29 is 17.4 Å². The molecule has 0 radical (unpaired) electrons. The third-order valence-corrected chi connectivity index (χ3v) is 3.44. The van der Waals surface area contributed by atoms with E-state index >= 15 is 0 Å². The molecule has 98 valence electrons. The molecule has 1 aliphatic rings. The fraction of sp³-hybridized carbons (Fsp3) is 0.417. The molecule has 6 heteroatoms. The zero-order valence-corrected chi connectivity index (χ0v) is 10.9. The average molecular weight is 269 g/mol. The normalized spacial score (nSPS) is 15.6. The van der Waals surface area contributed by atoms with Gasteiger partial charge in [0, 0.05) is 18.7 Å². The average Bonchev–Trinajstić information content (AvgIpc) is 2.31. The van der Waals surface area contributed by atoms with E-state index in [4.69, 9.17) is 0 Å². The van der Waals surface area contributed by atoms with E-state index in [2.05, 4.69) is 4.18 Å². The summed E-state index contributed by atoms with van der Waals surface area (Å²) < 4.78 is 26.3. The number of rotatable bonds is 4. The molecule has 1 aliphatic heterocycles. The van der Waals surface area contributed by atoms with Crippen LogP contribution < -0.4 is 0 Å². The topological polar surface area (TPSA) is 63.7 Å². The van der Waals surface area contributed by atoms with Gasteiger partial charge in [0.15, 0.2) is 0 Å². The Hall–Kier alpha value is -1.40. The molecule has 1 aromatic rings. The first kappa shape index (κ1) is 13.0. The monoisotopic (exact) mass is 269 g/mol. The van der Waals surface area contributed by atoms with Gasteiger partial charge in [-0.25, -0.2) is 0 Å². The summed E-state index contributed by atoms with van der Waals surface area (Å²) in [5.41, 5.74) is 1.74. The Balaban J connectivity index is 2.00. The Morgan fingerprint density at radius 1 is 1.33 bits per heavy atom. The molecular weight excluding hydrogens is 254 g/mol. The maximum atomic E-state index is 12.1. The molecule has 1 amide bonds. The van der Waals surface area contributed by atoms with Gasteiger partial charge < -0.3 is 4.90 Å². The minimum absolute atomic E-state index is 0.00669. The van der Waals surface area contributed by atoms with Crippen LogP contribution in [-0.4, -0.2) is 45.2 Å². The lowest BCUT2D eigenvalue weighted by atomic mass is 9.99. The van der Waals surface area contributed by atoms with Gasteiger partial charge in [0.2, 0.25) is 0 Å². The Kier molecular flexibility index (Phi) is 3.68. The standard InChI is InChI=1S/C12H15NO4S/c1-18(15,16)17-9-8-13-7-6-10-4-2-3-5-11(10)12(13)14/h2-5H,6-9H2,1H3. The lowest BCUT2D eigenvalue weighted by Crippen LogP contribution is -2.39. The fourth-order valence-corrected chi connectivity index (χ4v) is 2.36. The summed E-state index contributed by atoms with van der Waals surface area (Å²) in [5.74, 6) is -0.0612. The van der Waals surface area contributed by atoms with Gasteiger partial charge in [-0.3, -0.25) is 8.98 Å². The molecule has 0 aromatic heterocycles. The van der Waals surface area contributed by atoms with Crippen LogP contribution in [0.3, 0.4) is 0 Å². The van der Waals surface area contributed by atoms with Crippen LogP contribution in [0.25, 0.3) is 0 Å². The first-order valence-electron chi connectivity index (χ1n) is 5.69. The van der Waals surface area contributed by atoms with E-state index in [1.807, 2.05) is 18.2 Å². The highest BCUT2D eigenvalue weighted by Crippen LogP contribution is 2.18. The molecular formula is C12H15NO4S. The summed E-state index contributed by atoms with van der Waals surface area (Å²) in [6.07, 6.45) is 1.79. The molecule has 0 saturated carbocycles. The summed E-state index contributed by atoms with van der Waals surface area (Å²) in [5, 5.41) is 0. The molecule has 0 bridgehead atoms. The summed E-state index contributed by atoms with van der Waals surface area (Å²) in [4.78, 5) is 13.7. The van der Waals surface area contributed by atoms with Crippen LogP contribution in [0.5, 0.6) is 0 Å². The van der Waals surface area contributed by atoms with Gasteiger partial charge in [0.25, 0.3) is 16.0 Å². The van der Waals surface area contributed by atoms with Crippen molar-refractivity contribution in [3.63, 3.8) is 0 Å². The van der Waals surface area contributed by atoms with E-state index in [1.54, 1.807) is 11.0 Å². The summed E-state index contributed by atoms with van der Waals surface area (Å²) >= 11 is 0. The van der Waals surface area contributed by atoms with Crippen LogP contribution in [-0.2, 0) is 20.7 Å². The summed E-state index contributed by atoms with van der Waals surface area (Å²) in [7, 11) is -3.44. The van der Waals surface area contributed by atoms with Crippen LogP contribution in [0, 0.1) is 0 Å². The van der Waals surface area contributed by atoms with E-state index in [0.29, 0.717) is 18.7 Å². The van der Waals surface area contributed by atoms with E-state index in [9.17, 15) is 13.2 Å². The lowest BCUT2D eigenvalue weighted by Gasteiger charge is -2.28. The molecule has 18 heavy (non-hydrogen) atoms. The van der Waals surface area contributed by atoms with Crippen molar-refractivity contribution in [3.8, 4) is 0 Å². The number of fused-ring (bicyclic) bond motifs is 1. The Labute approximate surface area is 106 Å². The first-order chi connectivity index (χ1) is 8.47. The molecule has 1 aromatic carbocycles. The third kappa shape index (κ3) is 3.08. The predicted octanol–water partition coefficient (Wildman–Crippen LogP) is 0.661. The highest BCUT2D eigenvalue weighted by atomic mass is 32.2. The van der Waals surface area contributed by atoms with Crippen LogP contribution in [0.1, 0.15) is 15.9 Å². The maximum absolute atomic E-state index is 12.1. The summed E-state index contributed by atoms with van der Waals surface area (Å²) in [6.45, 7) is 0.899. The molecule has 0 spiro atoms. The van der Waals surface area contributed by atoms with Crippen LogP contribution in [0.4, 0.5) is 0 Å². The smallest absolute Gasteiger partial charge is 0.264 e. The maximum Gasteiger partial charge on any atom is 0.264 e. The quantitative estimate of drug-likeness (QED) is 0.753. The first-order valence-corrected chi connectivity index (χ1v) is 7.50. The Bertz CT molecular complexity index is 553. The van der Waals surface area contributed by atoms with Crippen molar-refractivity contribution >= 4 is 16.0 Å². The number of hydrogen-bond acceptors (Lipinski definition) is 4. The largest absolute Gasteiger partial charge is 0.336 e. The number of nitrogens with zero attached hydrogens (tertiary/aromatic N) is 1. The zero-order chi connectivity index (χ0) is 13.2. The molecule has 0 atom stereocenters. The molecule has 0 aliphatic carbocycles. The van der Waals surface area contributed by atoms with E-state index in [0.717, 1.165) is 18.2 Å². The Morgan fingerprint density at radius 2 is 2.06 bits per heavy atom. The number of carbonyl (C=O) groups excluding carboxylic acids is 1. The van der Waals surface area contributed by atoms with Crippen molar-refractivity contribution in [2.24, 2.45) is 0 Å². The minimum atomic E-state index is -3.44. The second-order valence-corrected chi connectivity index (χ2v) is 5.87. The second-order valence-electron chi connectivity index (χ2n) is 4.23. The molecule has 1 heterocycles. The number of hydrogen-bond donors (Lipinski definition) is 0. The van der Waals surface area contributed by atoms with Crippen molar-refractivity contribution in [1.29, 1.82) is 0 Å². The van der Waals surface area contributed by atoms with E-state index < -0.39 is 10.1 Å². The van der Waals surface area contributed by atoms with E-state index in [-0.39, 0.29) is 12.5 Å². The molecule has 0 unspecified atom stereocenters. The predicted molar refractivity (Wildman–Crippen MR) is 66.8 cm³/mol. The van der Waals surface area contributed by atoms with Crippen LogP contribution >= 0.6 is 0 Å². The van der Waals surface area contributed by atoms with Crippen molar-refractivity contribution in [2.45, 2.75) is 6.42 Å². The number of amides is 1. The SMILES string of the molecule is CS(=O)(=O)OCCN1CCc2ccccc2C1=O. The van der Waals surface area contributed by atoms with Crippen LogP contribution in [0.2, 0.25) is 0 Å². The van der Waals surface area contributed by atoms with E-state index in [1.165, 1.54) is 0 Å². The van der Waals surface area contributed by atoms with Crippen molar-refractivity contribution in [2.75, 3.05) is 26.0 Å². The van der Waals surface area contributed by atoms with Crippen molar-refractivity contribution in [1.82, 2.24) is 4.90 Å². The van der Waals surface area contributed by atoms with Gasteiger partial charge >= 0.3 is 0 Å². The molecule has 5 nitrogen and oxygen atoms in total. The molecule has 2 rings (SSSR count). The number of carbonyl (C=O) groups is 1. The summed E-state index contributed by atoms with van der Waals surface area (Å²) in [6, 6.07) is 7.47. The molecule has 0 fully saturated rings. The third-order valence-electron chi connectivity index (χ3n) is 2.84. The van der Waals surface area contributed by atoms with Gasteiger partial charge in [-0.15, -0.1) is 0 Å². The van der Waals surface area contributed by atoms with Crippen LogP contribution in [0.15, 0.2) is 24.3 Å². The Morgan fingerprint density at radius 3 is 2.78 bits per heavy atom. The van der Waals surface area contributed by atoms with Gasteiger partial charge in [-0.2, -0.15) is 8.42 Å². The molecule has 0 N–H and O–H groups in total.